The Morgan fingerprint density at radius 2 is 1.90 bits per heavy atom. The highest BCUT2D eigenvalue weighted by Gasteiger charge is 2.26. The summed E-state index contributed by atoms with van der Waals surface area (Å²) in [5, 5.41) is 5.12. The molecule has 0 saturated carbocycles. The quantitative estimate of drug-likeness (QED) is 0.567. The molecule has 1 atom stereocenters. The zero-order valence-electron chi connectivity index (χ0n) is 17.9. The fraction of sp³-hybridized carbons (Fsp3) is 0.545. The van der Waals surface area contributed by atoms with Crippen molar-refractivity contribution in [3.63, 3.8) is 0 Å². The second-order valence-electron chi connectivity index (χ2n) is 8.17. The summed E-state index contributed by atoms with van der Waals surface area (Å²) < 4.78 is 6.49. The summed E-state index contributed by atoms with van der Waals surface area (Å²) in [5.41, 5.74) is 1.07. The molecule has 0 radical (unpaired) electrons. The number of thiazole rings is 1. The highest BCUT2D eigenvalue weighted by atomic mass is 32.1. The zero-order valence-corrected chi connectivity index (χ0v) is 18.7. The Labute approximate surface area is 181 Å². The van der Waals surface area contributed by atoms with E-state index in [4.69, 9.17) is 9.51 Å². The summed E-state index contributed by atoms with van der Waals surface area (Å²) in [5.74, 6) is 1.83. The number of aromatic nitrogens is 3. The van der Waals surface area contributed by atoms with Crippen LogP contribution in [0.4, 0.5) is 0 Å². The van der Waals surface area contributed by atoms with Gasteiger partial charge in [0.25, 0.3) is 0 Å². The van der Waals surface area contributed by atoms with Crippen molar-refractivity contribution in [2.45, 2.75) is 52.0 Å². The monoisotopic (exact) mass is 427 g/mol. The van der Waals surface area contributed by atoms with Crippen LogP contribution in [0, 0.1) is 0 Å². The Balaban J connectivity index is 1.23. The van der Waals surface area contributed by atoms with E-state index < -0.39 is 0 Å². The number of fused-ring (bicyclic) bond motifs is 1. The molecule has 3 aromatic rings. The lowest BCUT2D eigenvalue weighted by atomic mass is 10.2. The summed E-state index contributed by atoms with van der Waals surface area (Å²) in [6.45, 7) is 9.59. The van der Waals surface area contributed by atoms with Crippen LogP contribution in [-0.2, 0) is 11.2 Å². The normalized spacial score (nSPS) is 16.5. The Hall–Kier alpha value is -2.32. The third-order valence-corrected chi connectivity index (χ3v) is 6.87. The molecular weight excluding hydrogens is 398 g/mol. The van der Waals surface area contributed by atoms with Crippen LogP contribution >= 0.6 is 11.3 Å². The van der Waals surface area contributed by atoms with Gasteiger partial charge in [0.05, 0.1) is 16.3 Å². The number of amides is 1. The fourth-order valence-corrected chi connectivity index (χ4v) is 4.79. The van der Waals surface area contributed by atoms with E-state index in [0.29, 0.717) is 18.7 Å². The smallest absolute Gasteiger partial charge is 0.226 e. The predicted octanol–water partition coefficient (Wildman–Crippen LogP) is 4.03. The summed E-state index contributed by atoms with van der Waals surface area (Å²) in [6, 6.07) is 8.55. The number of benzene rings is 1. The van der Waals surface area contributed by atoms with Gasteiger partial charge in [0.1, 0.15) is 5.01 Å². The minimum absolute atomic E-state index is 0.214. The lowest BCUT2D eigenvalue weighted by Crippen LogP contribution is -2.49. The Morgan fingerprint density at radius 3 is 2.60 bits per heavy atom. The van der Waals surface area contributed by atoms with Crippen LogP contribution in [0.2, 0.25) is 0 Å². The molecule has 3 heterocycles. The van der Waals surface area contributed by atoms with E-state index in [2.05, 4.69) is 40.2 Å². The summed E-state index contributed by atoms with van der Waals surface area (Å²) in [7, 11) is 0. The van der Waals surface area contributed by atoms with Crippen molar-refractivity contribution in [1.82, 2.24) is 24.9 Å². The highest BCUT2D eigenvalue weighted by Crippen LogP contribution is 2.30. The van der Waals surface area contributed by atoms with Gasteiger partial charge in [0.2, 0.25) is 11.8 Å². The number of carbonyl (C=O) groups is 1. The number of carbonyl (C=O) groups excluding carboxylic acids is 1. The molecule has 1 aliphatic rings. The first kappa shape index (κ1) is 20.9. The molecule has 1 aromatic carbocycles. The molecule has 7 nitrogen and oxygen atoms in total. The van der Waals surface area contributed by atoms with Gasteiger partial charge in [-0.3, -0.25) is 9.69 Å². The molecule has 0 aliphatic carbocycles. The van der Waals surface area contributed by atoms with Crippen LogP contribution in [0.3, 0.4) is 0 Å². The average molecular weight is 428 g/mol. The van der Waals surface area contributed by atoms with Gasteiger partial charge < -0.3 is 9.42 Å². The van der Waals surface area contributed by atoms with Crippen molar-refractivity contribution in [2.75, 3.05) is 26.2 Å². The van der Waals surface area contributed by atoms with Crippen LogP contribution < -0.4 is 0 Å². The Morgan fingerprint density at radius 1 is 1.13 bits per heavy atom. The van der Waals surface area contributed by atoms with Crippen molar-refractivity contribution in [3.05, 3.63) is 41.0 Å². The molecular formula is C22H29N5O2S. The van der Waals surface area contributed by atoms with Crippen LogP contribution in [0.25, 0.3) is 10.2 Å². The first-order valence-electron chi connectivity index (χ1n) is 10.7. The molecule has 1 amide bonds. The Bertz CT molecular complexity index is 957. The SMILES string of the molecule is CC(C)c1noc(CCCC(=O)N2CCN(C(C)c3nc4ccccc4s3)CC2)n1. The molecule has 2 aromatic heterocycles. The minimum atomic E-state index is 0.214. The van der Waals surface area contributed by atoms with Gasteiger partial charge in [0, 0.05) is 44.9 Å². The molecule has 0 bridgehead atoms. The van der Waals surface area contributed by atoms with Crippen LogP contribution in [0.1, 0.15) is 62.3 Å². The van der Waals surface area contributed by atoms with Gasteiger partial charge in [-0.1, -0.05) is 31.1 Å². The fourth-order valence-electron chi connectivity index (χ4n) is 3.74. The lowest BCUT2D eigenvalue weighted by Gasteiger charge is -2.37. The van der Waals surface area contributed by atoms with Gasteiger partial charge in [-0.15, -0.1) is 11.3 Å². The lowest BCUT2D eigenvalue weighted by molar-refractivity contribution is -0.133. The van der Waals surface area contributed by atoms with Gasteiger partial charge >= 0.3 is 0 Å². The van der Waals surface area contributed by atoms with Crippen LogP contribution in [-0.4, -0.2) is 57.0 Å². The first-order valence-corrected chi connectivity index (χ1v) is 11.5. The van der Waals surface area contributed by atoms with Crippen molar-refractivity contribution in [2.24, 2.45) is 0 Å². The topological polar surface area (TPSA) is 75.4 Å². The van der Waals surface area contributed by atoms with Crippen LogP contribution in [0.15, 0.2) is 28.8 Å². The summed E-state index contributed by atoms with van der Waals surface area (Å²) in [4.78, 5) is 26.2. The van der Waals surface area contributed by atoms with E-state index in [0.717, 1.165) is 48.9 Å². The molecule has 1 saturated heterocycles. The molecule has 1 fully saturated rings. The average Bonchev–Trinajstić information content (AvgIpc) is 3.40. The van der Waals surface area contributed by atoms with E-state index in [-0.39, 0.29) is 17.9 Å². The molecule has 4 rings (SSSR count). The van der Waals surface area contributed by atoms with E-state index in [1.807, 2.05) is 24.8 Å². The first-order chi connectivity index (χ1) is 14.5. The Kier molecular flexibility index (Phi) is 6.43. The van der Waals surface area contributed by atoms with E-state index in [1.165, 1.54) is 4.70 Å². The van der Waals surface area contributed by atoms with Crippen molar-refractivity contribution in [1.29, 1.82) is 0 Å². The highest BCUT2D eigenvalue weighted by molar-refractivity contribution is 7.18. The van der Waals surface area contributed by atoms with Gasteiger partial charge in [-0.2, -0.15) is 4.98 Å². The predicted molar refractivity (Wildman–Crippen MR) is 118 cm³/mol. The van der Waals surface area contributed by atoms with Gasteiger partial charge in [0.15, 0.2) is 5.82 Å². The van der Waals surface area contributed by atoms with E-state index >= 15 is 0 Å². The number of rotatable bonds is 7. The molecule has 160 valence electrons. The van der Waals surface area contributed by atoms with Crippen LogP contribution in [0.5, 0.6) is 0 Å². The number of nitrogens with zero attached hydrogens (tertiary/aromatic N) is 5. The second kappa shape index (κ2) is 9.22. The zero-order chi connectivity index (χ0) is 21.1. The number of hydrogen-bond donors (Lipinski definition) is 0. The molecule has 1 aliphatic heterocycles. The summed E-state index contributed by atoms with van der Waals surface area (Å²) >= 11 is 1.77. The van der Waals surface area contributed by atoms with Gasteiger partial charge in [-0.25, -0.2) is 4.98 Å². The molecule has 1 unspecified atom stereocenters. The van der Waals surface area contributed by atoms with Crippen molar-refractivity contribution < 1.29 is 9.32 Å². The maximum atomic E-state index is 12.6. The van der Waals surface area contributed by atoms with Crippen molar-refractivity contribution >= 4 is 27.5 Å². The molecule has 30 heavy (non-hydrogen) atoms. The minimum Gasteiger partial charge on any atom is -0.340 e. The van der Waals surface area contributed by atoms with Gasteiger partial charge in [-0.05, 0) is 25.5 Å². The molecule has 0 N–H and O–H groups in total. The standard InChI is InChI=1S/C22H29N5O2S/c1-15(2)21-24-19(29-25-21)9-6-10-20(28)27-13-11-26(12-14-27)16(3)22-23-17-7-4-5-8-18(17)30-22/h4-5,7-8,15-16H,6,9-14H2,1-3H3. The largest absolute Gasteiger partial charge is 0.340 e. The number of piperazine rings is 1. The molecule has 8 heteroatoms. The second-order valence-corrected chi connectivity index (χ2v) is 9.23. The third kappa shape index (κ3) is 4.70. The number of para-hydroxylation sites is 1. The number of aryl methyl sites for hydroxylation is 1. The van der Waals surface area contributed by atoms with E-state index in [9.17, 15) is 4.79 Å². The van der Waals surface area contributed by atoms with Crippen molar-refractivity contribution in [3.8, 4) is 0 Å². The third-order valence-electron chi connectivity index (χ3n) is 5.66. The maximum Gasteiger partial charge on any atom is 0.226 e. The molecule has 0 spiro atoms. The maximum absolute atomic E-state index is 12.6. The number of hydrogen-bond acceptors (Lipinski definition) is 7. The van der Waals surface area contributed by atoms with E-state index in [1.54, 1.807) is 11.3 Å². The summed E-state index contributed by atoms with van der Waals surface area (Å²) in [6.07, 6.45) is 1.91.